The molecule has 1 saturated heterocycles. The third kappa shape index (κ3) is 4.04. The van der Waals surface area contributed by atoms with Crippen LogP contribution in [0.2, 0.25) is 0 Å². The molecular formula is C14H22N4O3. The molecule has 1 aromatic heterocycles. The molecule has 2 N–H and O–H groups in total. The van der Waals surface area contributed by atoms with Crippen LogP contribution in [-0.4, -0.2) is 40.3 Å². The number of nitrogens with zero attached hydrogens (tertiary/aromatic N) is 2. The minimum atomic E-state index is -0.692. The summed E-state index contributed by atoms with van der Waals surface area (Å²) in [5.41, 5.74) is 0.508. The minimum Gasteiger partial charge on any atom is -0.376 e. The van der Waals surface area contributed by atoms with Crippen molar-refractivity contribution in [3.63, 3.8) is 0 Å². The summed E-state index contributed by atoms with van der Waals surface area (Å²) >= 11 is 0. The zero-order valence-electron chi connectivity index (χ0n) is 12.6. The van der Waals surface area contributed by atoms with Crippen LogP contribution in [0.15, 0.2) is 12.4 Å². The highest BCUT2D eigenvalue weighted by Gasteiger charge is 2.25. The molecule has 0 aromatic carbocycles. The molecule has 0 aliphatic carbocycles. The van der Waals surface area contributed by atoms with E-state index in [0.717, 1.165) is 12.8 Å². The van der Waals surface area contributed by atoms with Crippen molar-refractivity contribution >= 4 is 17.5 Å². The summed E-state index contributed by atoms with van der Waals surface area (Å²) in [5, 5.41) is 9.31. The van der Waals surface area contributed by atoms with Crippen LogP contribution in [0.25, 0.3) is 0 Å². The zero-order chi connectivity index (χ0) is 15.4. The maximum atomic E-state index is 11.8. The molecule has 1 aliphatic heterocycles. The van der Waals surface area contributed by atoms with E-state index < -0.39 is 11.8 Å². The first kappa shape index (κ1) is 15.5. The number of aromatic nitrogens is 2. The Labute approximate surface area is 124 Å². The highest BCUT2D eigenvalue weighted by Crippen LogP contribution is 2.15. The van der Waals surface area contributed by atoms with E-state index in [0.29, 0.717) is 12.3 Å². The molecule has 21 heavy (non-hydrogen) atoms. The molecule has 1 aromatic rings. The van der Waals surface area contributed by atoms with Gasteiger partial charge in [-0.2, -0.15) is 5.10 Å². The summed E-state index contributed by atoms with van der Waals surface area (Å²) in [6.45, 7) is 6.52. The van der Waals surface area contributed by atoms with Gasteiger partial charge in [-0.05, 0) is 33.6 Å². The van der Waals surface area contributed by atoms with Crippen molar-refractivity contribution in [1.82, 2.24) is 15.1 Å². The molecule has 1 fully saturated rings. The maximum absolute atomic E-state index is 11.8. The van der Waals surface area contributed by atoms with Crippen molar-refractivity contribution in [1.29, 1.82) is 0 Å². The Kier molecular flexibility index (Phi) is 4.95. The molecule has 0 saturated carbocycles. The summed E-state index contributed by atoms with van der Waals surface area (Å²) in [5.74, 6) is -1.35. The molecule has 2 atom stereocenters. The average molecular weight is 294 g/mol. The third-order valence-corrected chi connectivity index (χ3v) is 3.48. The van der Waals surface area contributed by atoms with E-state index >= 15 is 0 Å². The average Bonchev–Trinajstić information content (AvgIpc) is 3.09. The SMILES string of the molecule is CC(NC(=O)C(=O)Nc1cnn(C(C)C)c1)C1CCCO1. The molecular weight excluding hydrogens is 272 g/mol. The molecule has 1 aliphatic rings. The Morgan fingerprint density at radius 3 is 2.71 bits per heavy atom. The van der Waals surface area contributed by atoms with Crippen molar-refractivity contribution in [3.05, 3.63) is 12.4 Å². The van der Waals surface area contributed by atoms with Crippen LogP contribution < -0.4 is 10.6 Å². The highest BCUT2D eigenvalue weighted by molar-refractivity contribution is 6.39. The molecule has 2 unspecified atom stereocenters. The van der Waals surface area contributed by atoms with Gasteiger partial charge in [-0.25, -0.2) is 0 Å². The number of rotatable bonds is 4. The normalized spacial score (nSPS) is 19.5. The number of ether oxygens (including phenoxy) is 1. The first-order chi connectivity index (χ1) is 9.97. The molecule has 116 valence electrons. The van der Waals surface area contributed by atoms with Gasteiger partial charge in [-0.15, -0.1) is 0 Å². The third-order valence-electron chi connectivity index (χ3n) is 3.48. The van der Waals surface area contributed by atoms with Gasteiger partial charge in [-0.3, -0.25) is 14.3 Å². The maximum Gasteiger partial charge on any atom is 0.313 e. The second kappa shape index (κ2) is 6.71. The number of hydrogen-bond acceptors (Lipinski definition) is 4. The number of nitrogens with one attached hydrogen (secondary N) is 2. The summed E-state index contributed by atoms with van der Waals surface area (Å²) in [4.78, 5) is 23.7. The van der Waals surface area contributed by atoms with Crippen molar-refractivity contribution in [2.45, 2.75) is 51.8 Å². The van der Waals surface area contributed by atoms with Crippen LogP contribution in [-0.2, 0) is 14.3 Å². The fraction of sp³-hybridized carbons (Fsp3) is 0.643. The summed E-state index contributed by atoms with van der Waals surface area (Å²) < 4.78 is 7.19. The van der Waals surface area contributed by atoms with Crippen LogP contribution >= 0.6 is 0 Å². The van der Waals surface area contributed by atoms with Crippen molar-refractivity contribution in [3.8, 4) is 0 Å². The highest BCUT2D eigenvalue weighted by atomic mass is 16.5. The molecule has 7 heteroatoms. The smallest absolute Gasteiger partial charge is 0.313 e. The van der Waals surface area contributed by atoms with E-state index in [9.17, 15) is 9.59 Å². The molecule has 0 bridgehead atoms. The van der Waals surface area contributed by atoms with Crippen molar-refractivity contribution in [2.24, 2.45) is 0 Å². The summed E-state index contributed by atoms with van der Waals surface area (Å²) in [6.07, 6.45) is 5.11. The Hall–Kier alpha value is -1.89. The van der Waals surface area contributed by atoms with E-state index in [4.69, 9.17) is 4.74 Å². The van der Waals surface area contributed by atoms with Gasteiger partial charge in [-0.1, -0.05) is 0 Å². The second-order valence-corrected chi connectivity index (χ2v) is 5.57. The lowest BCUT2D eigenvalue weighted by molar-refractivity contribution is -0.137. The topological polar surface area (TPSA) is 85.3 Å². The zero-order valence-corrected chi connectivity index (χ0v) is 12.6. The van der Waals surface area contributed by atoms with Gasteiger partial charge in [0.1, 0.15) is 0 Å². The molecule has 2 rings (SSSR count). The van der Waals surface area contributed by atoms with E-state index in [1.807, 2.05) is 20.8 Å². The number of carbonyl (C=O) groups is 2. The van der Waals surface area contributed by atoms with Crippen LogP contribution in [0.5, 0.6) is 0 Å². The Balaban J connectivity index is 1.85. The van der Waals surface area contributed by atoms with E-state index in [1.165, 1.54) is 6.20 Å². The summed E-state index contributed by atoms with van der Waals surface area (Å²) in [6, 6.07) is 0.0214. The Morgan fingerprint density at radius 1 is 1.38 bits per heavy atom. The van der Waals surface area contributed by atoms with Gasteiger partial charge in [0, 0.05) is 18.8 Å². The predicted octanol–water partition coefficient (Wildman–Crippen LogP) is 1.09. The van der Waals surface area contributed by atoms with Crippen LogP contribution in [0.4, 0.5) is 5.69 Å². The minimum absolute atomic E-state index is 0.00885. The lowest BCUT2D eigenvalue weighted by Crippen LogP contribution is -2.45. The van der Waals surface area contributed by atoms with E-state index in [1.54, 1.807) is 10.9 Å². The van der Waals surface area contributed by atoms with Gasteiger partial charge in [0.2, 0.25) is 0 Å². The number of carbonyl (C=O) groups excluding carboxylic acids is 2. The Morgan fingerprint density at radius 2 is 2.14 bits per heavy atom. The second-order valence-electron chi connectivity index (χ2n) is 5.57. The molecule has 2 heterocycles. The largest absolute Gasteiger partial charge is 0.376 e. The van der Waals surface area contributed by atoms with Crippen molar-refractivity contribution in [2.75, 3.05) is 11.9 Å². The summed E-state index contributed by atoms with van der Waals surface area (Å²) in [7, 11) is 0. The first-order valence-electron chi connectivity index (χ1n) is 7.25. The fourth-order valence-corrected chi connectivity index (χ4v) is 2.24. The molecule has 0 spiro atoms. The number of hydrogen-bond donors (Lipinski definition) is 2. The standard InChI is InChI=1S/C14H22N4O3/c1-9(2)18-8-11(7-15-18)17-14(20)13(19)16-10(3)12-5-4-6-21-12/h7-10,12H,4-6H2,1-3H3,(H,16,19)(H,17,20). The predicted molar refractivity (Wildman–Crippen MR) is 77.8 cm³/mol. The van der Waals surface area contributed by atoms with Gasteiger partial charge in [0.05, 0.1) is 24.0 Å². The van der Waals surface area contributed by atoms with Gasteiger partial charge in [0.25, 0.3) is 0 Å². The molecule has 7 nitrogen and oxygen atoms in total. The first-order valence-corrected chi connectivity index (χ1v) is 7.25. The fourth-order valence-electron chi connectivity index (χ4n) is 2.24. The number of amides is 2. The van der Waals surface area contributed by atoms with E-state index in [2.05, 4.69) is 15.7 Å². The monoisotopic (exact) mass is 294 g/mol. The molecule has 2 amide bonds. The lowest BCUT2D eigenvalue weighted by Gasteiger charge is -2.19. The lowest BCUT2D eigenvalue weighted by atomic mass is 10.1. The van der Waals surface area contributed by atoms with Crippen LogP contribution in [0, 0.1) is 0 Å². The van der Waals surface area contributed by atoms with Crippen LogP contribution in [0.3, 0.4) is 0 Å². The van der Waals surface area contributed by atoms with Gasteiger partial charge in [0.15, 0.2) is 0 Å². The quantitative estimate of drug-likeness (QED) is 0.814. The molecule has 0 radical (unpaired) electrons. The number of anilines is 1. The van der Waals surface area contributed by atoms with Gasteiger partial charge >= 0.3 is 11.8 Å². The van der Waals surface area contributed by atoms with Gasteiger partial charge < -0.3 is 15.4 Å². The van der Waals surface area contributed by atoms with E-state index in [-0.39, 0.29) is 18.2 Å². The Bertz CT molecular complexity index is 506. The van der Waals surface area contributed by atoms with Crippen LogP contribution in [0.1, 0.15) is 39.7 Å². The van der Waals surface area contributed by atoms with Crippen molar-refractivity contribution < 1.29 is 14.3 Å².